The molecule has 0 saturated heterocycles. The van der Waals surface area contributed by atoms with E-state index in [9.17, 15) is 5.11 Å². The van der Waals surface area contributed by atoms with Crippen LogP contribution in [-0.4, -0.2) is 19.9 Å². The number of hydrogen-bond donors (Lipinski definition) is 2. The topological polar surface area (TPSA) is 53.8 Å². The monoisotopic (exact) mass is 331 g/mol. The molecule has 0 amide bonds. The third-order valence-electron chi connectivity index (χ3n) is 3.14. The molecule has 0 fully saturated rings. The van der Waals surface area contributed by atoms with E-state index < -0.39 is 5.60 Å². The second-order valence-corrected chi connectivity index (χ2v) is 5.87. The summed E-state index contributed by atoms with van der Waals surface area (Å²) < 4.78 is 2.01. The first-order valence-electron chi connectivity index (χ1n) is 6.24. The highest BCUT2D eigenvalue weighted by molar-refractivity contribution is 7.71. The van der Waals surface area contributed by atoms with Crippen LogP contribution >= 0.6 is 35.4 Å². The van der Waals surface area contributed by atoms with Crippen LogP contribution in [0.15, 0.2) is 24.5 Å². The lowest BCUT2D eigenvalue weighted by atomic mass is 9.89. The fraction of sp³-hybridized carbons (Fsp3) is 0.385. The predicted octanol–water partition coefficient (Wildman–Crippen LogP) is 3.94. The largest absolute Gasteiger partial charge is 0.383 e. The Hall–Kier alpha value is -0.880. The van der Waals surface area contributed by atoms with E-state index in [1.807, 2.05) is 6.92 Å². The maximum Gasteiger partial charge on any atom is 0.215 e. The first kappa shape index (κ1) is 15.5. The van der Waals surface area contributed by atoms with E-state index in [1.54, 1.807) is 22.9 Å². The number of halogens is 2. The highest BCUT2D eigenvalue weighted by Crippen LogP contribution is 2.35. The van der Waals surface area contributed by atoms with Crippen molar-refractivity contribution in [3.63, 3.8) is 0 Å². The van der Waals surface area contributed by atoms with Gasteiger partial charge in [-0.05, 0) is 30.8 Å². The Morgan fingerprint density at radius 3 is 2.75 bits per heavy atom. The smallest absolute Gasteiger partial charge is 0.215 e. The summed E-state index contributed by atoms with van der Waals surface area (Å²) in [5.41, 5.74) is -0.483. The van der Waals surface area contributed by atoms with Crippen LogP contribution in [0.2, 0.25) is 10.0 Å². The zero-order valence-corrected chi connectivity index (χ0v) is 13.3. The number of benzene rings is 1. The SMILES string of the molecule is CCCC(O)(Cn1[nH]cnc1=S)c1ccc(Cl)cc1Cl. The molecular formula is C13H15Cl2N3OS. The summed E-state index contributed by atoms with van der Waals surface area (Å²) in [5, 5.41) is 14.9. The Morgan fingerprint density at radius 1 is 1.45 bits per heavy atom. The van der Waals surface area contributed by atoms with E-state index in [-0.39, 0.29) is 6.54 Å². The van der Waals surface area contributed by atoms with Crippen molar-refractivity contribution in [3.05, 3.63) is 44.9 Å². The van der Waals surface area contributed by atoms with Crippen LogP contribution in [-0.2, 0) is 12.1 Å². The lowest BCUT2D eigenvalue weighted by Gasteiger charge is -2.29. The zero-order valence-electron chi connectivity index (χ0n) is 10.9. The van der Waals surface area contributed by atoms with Gasteiger partial charge in [0.15, 0.2) is 0 Å². The Kier molecular flexibility index (Phi) is 4.86. The van der Waals surface area contributed by atoms with Gasteiger partial charge in [0, 0.05) is 15.6 Å². The minimum Gasteiger partial charge on any atom is -0.383 e. The van der Waals surface area contributed by atoms with Gasteiger partial charge in [-0.3, -0.25) is 9.78 Å². The lowest BCUT2D eigenvalue weighted by molar-refractivity contribution is 0.00525. The molecule has 0 aliphatic carbocycles. The van der Waals surface area contributed by atoms with Crippen molar-refractivity contribution in [2.24, 2.45) is 0 Å². The lowest BCUT2D eigenvalue weighted by Crippen LogP contribution is -2.32. The van der Waals surface area contributed by atoms with Gasteiger partial charge in [-0.15, -0.1) is 0 Å². The van der Waals surface area contributed by atoms with Gasteiger partial charge in [-0.25, -0.2) is 4.98 Å². The van der Waals surface area contributed by atoms with Crippen molar-refractivity contribution in [1.82, 2.24) is 14.8 Å². The molecule has 0 spiro atoms. The molecule has 20 heavy (non-hydrogen) atoms. The summed E-state index contributed by atoms with van der Waals surface area (Å²) in [4.78, 5) is 3.95. The normalized spacial score (nSPS) is 14.2. The predicted molar refractivity (Wildman–Crippen MR) is 82.7 cm³/mol. The summed E-state index contributed by atoms with van der Waals surface area (Å²) in [6, 6.07) is 5.10. The first-order valence-corrected chi connectivity index (χ1v) is 7.41. The van der Waals surface area contributed by atoms with Gasteiger partial charge < -0.3 is 5.11 Å². The van der Waals surface area contributed by atoms with Gasteiger partial charge in [0.1, 0.15) is 11.9 Å². The van der Waals surface area contributed by atoms with Gasteiger partial charge in [0.25, 0.3) is 0 Å². The summed E-state index contributed by atoms with van der Waals surface area (Å²) in [5.74, 6) is 0. The maximum atomic E-state index is 11.0. The van der Waals surface area contributed by atoms with Crippen LogP contribution in [0.25, 0.3) is 0 Å². The molecule has 0 aliphatic heterocycles. The fourth-order valence-electron chi connectivity index (χ4n) is 2.23. The van der Waals surface area contributed by atoms with Crippen LogP contribution in [0.1, 0.15) is 25.3 Å². The first-order chi connectivity index (χ1) is 9.46. The zero-order chi connectivity index (χ0) is 14.8. The molecule has 0 bridgehead atoms. The number of hydrogen-bond acceptors (Lipinski definition) is 3. The highest BCUT2D eigenvalue weighted by atomic mass is 35.5. The van der Waals surface area contributed by atoms with E-state index in [1.165, 1.54) is 6.33 Å². The number of nitrogens with zero attached hydrogens (tertiary/aromatic N) is 2. The van der Waals surface area contributed by atoms with Gasteiger partial charge in [-0.1, -0.05) is 42.6 Å². The van der Waals surface area contributed by atoms with Crippen molar-refractivity contribution in [3.8, 4) is 0 Å². The Bertz CT molecular complexity index is 655. The van der Waals surface area contributed by atoms with Gasteiger partial charge in [-0.2, -0.15) is 0 Å². The molecule has 0 aliphatic rings. The average Bonchev–Trinajstić information content (AvgIpc) is 2.74. The van der Waals surface area contributed by atoms with Crippen molar-refractivity contribution in [2.75, 3.05) is 0 Å². The molecule has 1 aromatic carbocycles. The maximum absolute atomic E-state index is 11.0. The van der Waals surface area contributed by atoms with Crippen LogP contribution in [0.4, 0.5) is 0 Å². The number of H-pyrrole nitrogens is 1. The molecule has 1 heterocycles. The number of nitrogens with one attached hydrogen (secondary N) is 1. The summed E-state index contributed by atoms with van der Waals surface area (Å²) in [6.07, 6.45) is 2.85. The summed E-state index contributed by atoms with van der Waals surface area (Å²) in [6.45, 7) is 2.27. The standard InChI is InChI=1S/C13H15Cl2N3OS/c1-2-5-13(19,7-18-12(20)16-8-17-18)10-4-3-9(14)6-11(10)15/h3-4,6,8,19H,2,5,7H2,1H3,(H,16,17,20). The van der Waals surface area contributed by atoms with Crippen LogP contribution in [0, 0.1) is 4.77 Å². The van der Waals surface area contributed by atoms with E-state index in [0.717, 1.165) is 6.42 Å². The van der Waals surface area contributed by atoms with Gasteiger partial charge in [0.05, 0.1) is 6.54 Å². The van der Waals surface area contributed by atoms with Crippen molar-refractivity contribution < 1.29 is 5.11 Å². The molecule has 1 unspecified atom stereocenters. The molecule has 1 atom stereocenters. The van der Waals surface area contributed by atoms with E-state index >= 15 is 0 Å². The molecular weight excluding hydrogens is 317 g/mol. The van der Waals surface area contributed by atoms with Gasteiger partial charge in [0.2, 0.25) is 4.77 Å². The molecule has 2 N–H and O–H groups in total. The molecule has 4 nitrogen and oxygen atoms in total. The highest BCUT2D eigenvalue weighted by Gasteiger charge is 2.31. The van der Waals surface area contributed by atoms with Crippen molar-refractivity contribution >= 4 is 35.4 Å². The minimum atomic E-state index is -1.12. The second-order valence-electron chi connectivity index (χ2n) is 4.66. The molecule has 2 aromatic rings. The third-order valence-corrected chi connectivity index (χ3v) is 4.01. The molecule has 0 saturated carbocycles. The number of aliphatic hydroxyl groups is 1. The number of rotatable bonds is 5. The molecule has 1 aromatic heterocycles. The summed E-state index contributed by atoms with van der Waals surface area (Å²) in [7, 11) is 0. The fourth-order valence-corrected chi connectivity index (χ4v) is 2.99. The van der Waals surface area contributed by atoms with Crippen molar-refractivity contribution in [2.45, 2.75) is 31.9 Å². The Labute approximate surface area is 132 Å². The van der Waals surface area contributed by atoms with E-state index in [4.69, 9.17) is 35.4 Å². The number of aromatic nitrogens is 3. The number of aromatic amines is 1. The minimum absolute atomic E-state index is 0.265. The Morgan fingerprint density at radius 2 is 2.20 bits per heavy atom. The average molecular weight is 332 g/mol. The van der Waals surface area contributed by atoms with Crippen LogP contribution in [0.3, 0.4) is 0 Å². The quantitative estimate of drug-likeness (QED) is 0.816. The molecule has 108 valence electrons. The van der Waals surface area contributed by atoms with E-state index in [2.05, 4.69) is 10.1 Å². The van der Waals surface area contributed by atoms with Crippen LogP contribution < -0.4 is 0 Å². The van der Waals surface area contributed by atoms with E-state index in [0.29, 0.717) is 26.8 Å². The van der Waals surface area contributed by atoms with Crippen molar-refractivity contribution in [1.29, 1.82) is 0 Å². The molecule has 7 heteroatoms. The molecule has 0 radical (unpaired) electrons. The third kappa shape index (κ3) is 3.23. The second kappa shape index (κ2) is 6.26. The Balaban J connectivity index is 2.43. The summed E-state index contributed by atoms with van der Waals surface area (Å²) >= 11 is 17.2. The molecule has 2 rings (SSSR count). The van der Waals surface area contributed by atoms with Crippen LogP contribution in [0.5, 0.6) is 0 Å². The van der Waals surface area contributed by atoms with Gasteiger partial charge >= 0.3 is 0 Å².